The van der Waals surface area contributed by atoms with Gasteiger partial charge in [0, 0.05) is 37.7 Å². The van der Waals surface area contributed by atoms with Crippen LogP contribution in [0.3, 0.4) is 0 Å². The average Bonchev–Trinajstić information content (AvgIpc) is 3.56. The number of guanidine groups is 1. The minimum absolute atomic E-state index is 0.0475. The van der Waals surface area contributed by atoms with Gasteiger partial charge in [-0.1, -0.05) is 6.92 Å². The van der Waals surface area contributed by atoms with Crippen molar-refractivity contribution in [2.24, 2.45) is 22.6 Å². The van der Waals surface area contributed by atoms with Crippen molar-refractivity contribution >= 4 is 17.8 Å². The van der Waals surface area contributed by atoms with Crippen LogP contribution in [-0.4, -0.2) is 53.6 Å². The van der Waals surface area contributed by atoms with Crippen LogP contribution in [0.1, 0.15) is 71.4 Å². The second kappa shape index (κ2) is 9.41. The molecule has 1 fully saturated rings. The lowest BCUT2D eigenvalue weighted by atomic mass is 9.89. The van der Waals surface area contributed by atoms with Crippen LogP contribution in [0.25, 0.3) is 0 Å². The van der Waals surface area contributed by atoms with Gasteiger partial charge in [0.1, 0.15) is 17.2 Å². The number of nitrogens with one attached hydrogen (secondary N) is 1. The quantitative estimate of drug-likeness (QED) is 0.584. The molecule has 4 rings (SSSR count). The van der Waals surface area contributed by atoms with E-state index in [2.05, 4.69) is 10.3 Å². The second-order valence-electron chi connectivity index (χ2n) is 10.9. The summed E-state index contributed by atoms with van der Waals surface area (Å²) in [5.41, 5.74) is 5.94. The summed E-state index contributed by atoms with van der Waals surface area (Å²) in [5, 5.41) is 3.13. The van der Waals surface area contributed by atoms with E-state index in [0.717, 1.165) is 0 Å². The molecular weight excluding hydrogens is 451 g/mol. The fraction of sp³-hybridized carbons (Fsp3) is 0.654. The Morgan fingerprint density at radius 2 is 2.14 bits per heavy atom. The van der Waals surface area contributed by atoms with Gasteiger partial charge in [-0.3, -0.25) is 14.5 Å². The first kappa shape index (κ1) is 25.4. The van der Waals surface area contributed by atoms with E-state index >= 15 is 0 Å². The van der Waals surface area contributed by atoms with Crippen molar-refractivity contribution in [3.05, 3.63) is 29.6 Å². The molecule has 3 N–H and O–H groups in total. The lowest BCUT2D eigenvalue weighted by Gasteiger charge is -2.39. The molecule has 0 aromatic heterocycles. The molecule has 0 radical (unpaired) electrons. The van der Waals surface area contributed by atoms with Crippen molar-refractivity contribution in [2.45, 2.75) is 83.0 Å². The predicted molar refractivity (Wildman–Crippen MR) is 130 cm³/mol. The standard InChI is InChI=1S/C26H37FN4O4/c1-6-26(4)14-22(32)31(24(28)30-26)20(9-10-34-5)16-12-17(16)23(33)29-19-13-25(2,3)35-21-8-7-15(27)11-18(19)21/h7-8,11,16-17,19-20H,6,9-10,12-14H2,1-5H3,(H2,28,30)(H,29,33). The minimum Gasteiger partial charge on any atom is -0.487 e. The average molecular weight is 489 g/mol. The largest absolute Gasteiger partial charge is 0.487 e. The summed E-state index contributed by atoms with van der Waals surface area (Å²) in [7, 11) is 1.61. The van der Waals surface area contributed by atoms with Crippen LogP contribution < -0.4 is 15.8 Å². The SMILES string of the molecule is CCC1(C)CC(=O)N(C(CCOC)C2CC2C(=O)NC2CC(C)(C)Oc3ccc(F)cc32)C(N)=N1. The summed E-state index contributed by atoms with van der Waals surface area (Å²) in [6.45, 7) is 8.27. The van der Waals surface area contributed by atoms with E-state index in [9.17, 15) is 14.0 Å². The highest BCUT2D eigenvalue weighted by Crippen LogP contribution is 2.47. The number of aliphatic imine (C=N–C) groups is 1. The first-order chi connectivity index (χ1) is 16.5. The fourth-order valence-corrected chi connectivity index (χ4v) is 5.42. The van der Waals surface area contributed by atoms with Gasteiger partial charge in [0.05, 0.1) is 18.0 Å². The van der Waals surface area contributed by atoms with Gasteiger partial charge in [0.2, 0.25) is 11.8 Å². The zero-order chi connectivity index (χ0) is 25.5. The molecule has 0 saturated heterocycles. The van der Waals surface area contributed by atoms with Gasteiger partial charge in [0.15, 0.2) is 5.96 Å². The Morgan fingerprint density at radius 1 is 1.40 bits per heavy atom. The Morgan fingerprint density at radius 3 is 2.80 bits per heavy atom. The molecule has 1 aromatic rings. The van der Waals surface area contributed by atoms with Crippen molar-refractivity contribution in [1.82, 2.24) is 10.2 Å². The molecule has 1 aromatic carbocycles. The van der Waals surface area contributed by atoms with Gasteiger partial charge in [-0.05, 0) is 64.2 Å². The fourth-order valence-electron chi connectivity index (χ4n) is 5.42. The Kier molecular flexibility index (Phi) is 6.83. The number of rotatable bonds is 8. The number of ether oxygens (including phenoxy) is 2. The van der Waals surface area contributed by atoms with Gasteiger partial charge in [0.25, 0.3) is 0 Å². The molecule has 3 aliphatic rings. The summed E-state index contributed by atoms with van der Waals surface area (Å²) in [6.07, 6.45) is 2.74. The molecule has 192 valence electrons. The van der Waals surface area contributed by atoms with Crippen molar-refractivity contribution in [3.63, 3.8) is 0 Å². The summed E-state index contributed by atoms with van der Waals surface area (Å²) in [6, 6.07) is 3.78. The Hall–Kier alpha value is -2.68. The molecule has 35 heavy (non-hydrogen) atoms. The van der Waals surface area contributed by atoms with E-state index in [0.29, 0.717) is 43.6 Å². The normalized spacial score (nSPS) is 30.1. The predicted octanol–water partition coefficient (Wildman–Crippen LogP) is 3.30. The third kappa shape index (κ3) is 5.29. The maximum atomic E-state index is 14.0. The highest BCUT2D eigenvalue weighted by molar-refractivity contribution is 5.99. The molecule has 0 bridgehead atoms. The third-order valence-corrected chi connectivity index (χ3v) is 7.56. The topological polar surface area (TPSA) is 106 Å². The van der Waals surface area contributed by atoms with Crippen LogP contribution in [0.5, 0.6) is 5.75 Å². The second-order valence-corrected chi connectivity index (χ2v) is 10.9. The van der Waals surface area contributed by atoms with Crippen LogP contribution >= 0.6 is 0 Å². The van der Waals surface area contributed by atoms with Gasteiger partial charge in [-0.15, -0.1) is 0 Å². The molecule has 5 unspecified atom stereocenters. The number of benzene rings is 1. The highest BCUT2D eigenvalue weighted by atomic mass is 19.1. The number of nitrogens with zero attached hydrogens (tertiary/aromatic N) is 2. The van der Waals surface area contributed by atoms with Crippen molar-refractivity contribution in [1.29, 1.82) is 0 Å². The first-order valence-electron chi connectivity index (χ1n) is 12.4. The van der Waals surface area contributed by atoms with Gasteiger partial charge in [-0.25, -0.2) is 9.38 Å². The van der Waals surface area contributed by atoms with Gasteiger partial charge < -0.3 is 20.5 Å². The molecule has 1 saturated carbocycles. The van der Waals surface area contributed by atoms with E-state index < -0.39 is 11.1 Å². The number of fused-ring (bicyclic) bond motifs is 1. The zero-order valence-electron chi connectivity index (χ0n) is 21.3. The van der Waals surface area contributed by atoms with Crippen LogP contribution in [0.15, 0.2) is 23.2 Å². The third-order valence-electron chi connectivity index (χ3n) is 7.56. The lowest BCUT2D eigenvalue weighted by molar-refractivity contribution is -0.132. The zero-order valence-corrected chi connectivity index (χ0v) is 21.3. The van der Waals surface area contributed by atoms with E-state index in [1.54, 1.807) is 18.1 Å². The summed E-state index contributed by atoms with van der Waals surface area (Å²) < 4.78 is 25.3. The van der Waals surface area contributed by atoms with E-state index in [1.165, 1.54) is 12.1 Å². The van der Waals surface area contributed by atoms with Crippen LogP contribution in [0.2, 0.25) is 0 Å². The number of halogens is 1. The molecular formula is C26H37FN4O4. The number of methoxy groups -OCH3 is 1. The maximum Gasteiger partial charge on any atom is 0.231 e. The van der Waals surface area contributed by atoms with E-state index in [4.69, 9.17) is 15.2 Å². The molecule has 2 heterocycles. The number of carbonyl (C=O) groups is 2. The van der Waals surface area contributed by atoms with Crippen molar-refractivity contribution < 1.29 is 23.5 Å². The lowest BCUT2D eigenvalue weighted by Crippen LogP contribution is -2.56. The summed E-state index contributed by atoms with van der Waals surface area (Å²) in [5.74, 6) is -0.0481. The monoisotopic (exact) mass is 488 g/mol. The number of hydrogen-bond acceptors (Lipinski definition) is 6. The Labute approximate surface area is 206 Å². The minimum atomic E-state index is -0.498. The molecule has 2 amide bonds. The maximum absolute atomic E-state index is 14.0. The molecule has 0 spiro atoms. The molecule has 5 atom stereocenters. The van der Waals surface area contributed by atoms with E-state index in [-0.39, 0.29) is 53.9 Å². The first-order valence-corrected chi connectivity index (χ1v) is 12.4. The number of amides is 2. The number of nitrogens with two attached hydrogens (primary N) is 1. The Bertz CT molecular complexity index is 1030. The van der Waals surface area contributed by atoms with Crippen LogP contribution in [0, 0.1) is 17.7 Å². The molecule has 9 heteroatoms. The van der Waals surface area contributed by atoms with Crippen LogP contribution in [0.4, 0.5) is 4.39 Å². The summed E-state index contributed by atoms with van der Waals surface area (Å²) in [4.78, 5) is 32.7. The molecule has 2 aliphatic heterocycles. The Balaban J connectivity index is 1.51. The van der Waals surface area contributed by atoms with Crippen molar-refractivity contribution in [3.8, 4) is 5.75 Å². The van der Waals surface area contributed by atoms with Crippen LogP contribution in [-0.2, 0) is 14.3 Å². The van der Waals surface area contributed by atoms with Crippen molar-refractivity contribution in [2.75, 3.05) is 13.7 Å². The number of hydrogen-bond donors (Lipinski definition) is 2. The van der Waals surface area contributed by atoms with Gasteiger partial charge >= 0.3 is 0 Å². The molecule has 8 nitrogen and oxygen atoms in total. The number of carbonyl (C=O) groups excluding carboxylic acids is 2. The smallest absolute Gasteiger partial charge is 0.231 e. The van der Waals surface area contributed by atoms with E-state index in [1.807, 2.05) is 27.7 Å². The van der Waals surface area contributed by atoms with Gasteiger partial charge in [-0.2, -0.15) is 0 Å². The molecule has 1 aliphatic carbocycles. The summed E-state index contributed by atoms with van der Waals surface area (Å²) >= 11 is 0. The highest BCUT2D eigenvalue weighted by Gasteiger charge is 2.52.